The molecule has 1 aromatic heterocycles. The number of halogens is 2. The zero-order valence-electron chi connectivity index (χ0n) is 13.6. The van der Waals surface area contributed by atoms with Crippen molar-refractivity contribution in [1.82, 2.24) is 0 Å². The highest BCUT2D eigenvalue weighted by atomic mass is 35.5. The molecule has 6 heteroatoms. The van der Waals surface area contributed by atoms with Crippen molar-refractivity contribution in [2.24, 2.45) is 0 Å². The largest absolute Gasteiger partial charge is 0.495 e. The summed E-state index contributed by atoms with van der Waals surface area (Å²) in [6, 6.07) is 12.4. The lowest BCUT2D eigenvalue weighted by molar-refractivity contribution is 0.0997. The van der Waals surface area contributed by atoms with Gasteiger partial charge in [-0.25, -0.2) is 4.39 Å². The molecule has 128 valence electrons. The third-order valence-electron chi connectivity index (χ3n) is 3.69. The van der Waals surface area contributed by atoms with Crippen LogP contribution < -0.4 is 10.1 Å². The van der Waals surface area contributed by atoms with E-state index in [1.165, 1.54) is 19.2 Å². The molecule has 3 rings (SSSR count). The molecule has 0 unspecified atom stereocenters. The molecule has 0 aliphatic heterocycles. The van der Waals surface area contributed by atoms with Gasteiger partial charge in [-0.1, -0.05) is 11.6 Å². The van der Waals surface area contributed by atoms with Gasteiger partial charge >= 0.3 is 0 Å². The Bertz CT molecular complexity index is 919. The van der Waals surface area contributed by atoms with Gasteiger partial charge in [0, 0.05) is 16.7 Å². The van der Waals surface area contributed by atoms with Crippen LogP contribution in [0.15, 0.2) is 52.9 Å². The third-order valence-corrected chi connectivity index (χ3v) is 4.09. The fourth-order valence-corrected chi connectivity index (χ4v) is 2.50. The summed E-state index contributed by atoms with van der Waals surface area (Å²) in [5.74, 6) is 0.305. The van der Waals surface area contributed by atoms with Crippen molar-refractivity contribution >= 4 is 23.2 Å². The summed E-state index contributed by atoms with van der Waals surface area (Å²) < 4.78 is 23.8. The van der Waals surface area contributed by atoms with Crippen molar-refractivity contribution in [3.8, 4) is 17.1 Å². The van der Waals surface area contributed by atoms with Gasteiger partial charge in [-0.05, 0) is 55.0 Å². The lowest BCUT2D eigenvalue weighted by atomic mass is 10.2. The van der Waals surface area contributed by atoms with E-state index in [0.29, 0.717) is 27.8 Å². The predicted octanol–water partition coefficient (Wildman–Crippen LogP) is 5.31. The number of hydrogen-bond donors (Lipinski definition) is 1. The fourth-order valence-electron chi connectivity index (χ4n) is 2.34. The maximum atomic E-state index is 13.0. The number of carbonyl (C=O) groups excluding carboxylic acids is 1. The number of ether oxygens (including phenoxy) is 1. The summed E-state index contributed by atoms with van der Waals surface area (Å²) >= 11 is 6.06. The van der Waals surface area contributed by atoms with Crippen LogP contribution in [0.1, 0.15) is 16.1 Å². The van der Waals surface area contributed by atoms with Crippen LogP contribution in [0.3, 0.4) is 0 Å². The summed E-state index contributed by atoms with van der Waals surface area (Å²) in [5.41, 5.74) is 1.98. The molecule has 0 saturated carbocycles. The first-order valence-corrected chi connectivity index (χ1v) is 7.87. The van der Waals surface area contributed by atoms with E-state index in [0.717, 1.165) is 5.56 Å². The summed E-state index contributed by atoms with van der Waals surface area (Å²) in [6.07, 6.45) is 0. The Kier molecular flexibility index (Phi) is 4.76. The second kappa shape index (κ2) is 6.99. The van der Waals surface area contributed by atoms with Crippen molar-refractivity contribution in [2.45, 2.75) is 6.92 Å². The van der Waals surface area contributed by atoms with Gasteiger partial charge < -0.3 is 14.5 Å². The van der Waals surface area contributed by atoms with Crippen molar-refractivity contribution < 1.29 is 18.3 Å². The van der Waals surface area contributed by atoms with E-state index in [1.807, 2.05) is 6.92 Å². The van der Waals surface area contributed by atoms with Gasteiger partial charge in [-0.3, -0.25) is 4.79 Å². The monoisotopic (exact) mass is 359 g/mol. The Balaban J connectivity index is 1.83. The highest BCUT2D eigenvalue weighted by Crippen LogP contribution is 2.31. The lowest BCUT2D eigenvalue weighted by Crippen LogP contribution is -2.12. The molecule has 2 aromatic carbocycles. The van der Waals surface area contributed by atoms with Crippen LogP contribution in [0, 0.1) is 12.7 Å². The first-order valence-electron chi connectivity index (χ1n) is 7.49. The van der Waals surface area contributed by atoms with Gasteiger partial charge in [0.15, 0.2) is 5.76 Å². The number of furan rings is 1. The van der Waals surface area contributed by atoms with Crippen LogP contribution in [-0.4, -0.2) is 13.0 Å². The second-order valence-electron chi connectivity index (χ2n) is 5.43. The summed E-state index contributed by atoms with van der Waals surface area (Å²) in [6.45, 7) is 1.83. The topological polar surface area (TPSA) is 51.5 Å². The molecule has 0 fully saturated rings. The summed E-state index contributed by atoms with van der Waals surface area (Å²) in [7, 11) is 1.50. The number of amides is 1. The minimum Gasteiger partial charge on any atom is -0.495 e. The molecular formula is C19H15ClFNO3. The smallest absolute Gasteiger partial charge is 0.291 e. The molecule has 1 heterocycles. The number of rotatable bonds is 4. The number of aryl methyl sites for hydroxylation is 1. The molecule has 0 bridgehead atoms. The van der Waals surface area contributed by atoms with E-state index in [-0.39, 0.29) is 11.6 Å². The third kappa shape index (κ3) is 3.67. The van der Waals surface area contributed by atoms with Gasteiger partial charge in [-0.2, -0.15) is 0 Å². The van der Waals surface area contributed by atoms with E-state index < -0.39 is 5.91 Å². The Morgan fingerprint density at radius 1 is 1.16 bits per heavy atom. The average Bonchev–Trinajstić information content (AvgIpc) is 3.08. The number of anilines is 1. The predicted molar refractivity (Wildman–Crippen MR) is 94.8 cm³/mol. The maximum absolute atomic E-state index is 13.0. The van der Waals surface area contributed by atoms with Crippen LogP contribution in [0.25, 0.3) is 11.3 Å². The van der Waals surface area contributed by atoms with E-state index in [9.17, 15) is 9.18 Å². The highest BCUT2D eigenvalue weighted by Gasteiger charge is 2.15. The minimum absolute atomic E-state index is 0.133. The number of nitrogens with one attached hydrogen (secondary N) is 1. The van der Waals surface area contributed by atoms with Gasteiger partial charge in [-0.15, -0.1) is 0 Å². The zero-order valence-corrected chi connectivity index (χ0v) is 14.4. The molecule has 0 saturated heterocycles. The van der Waals surface area contributed by atoms with Gasteiger partial charge in [0.2, 0.25) is 0 Å². The molecule has 0 aliphatic carbocycles. The first-order chi connectivity index (χ1) is 12.0. The van der Waals surface area contributed by atoms with Crippen molar-refractivity contribution in [3.05, 3.63) is 70.7 Å². The second-order valence-corrected chi connectivity index (χ2v) is 5.83. The van der Waals surface area contributed by atoms with E-state index >= 15 is 0 Å². The molecule has 0 spiro atoms. The SMILES string of the molecule is COc1cc(Cl)c(C)cc1NC(=O)c1ccc(-c2ccc(F)cc2)o1. The normalized spacial score (nSPS) is 10.6. The molecule has 3 aromatic rings. The molecule has 4 nitrogen and oxygen atoms in total. The molecule has 25 heavy (non-hydrogen) atoms. The summed E-state index contributed by atoms with van der Waals surface area (Å²) in [5, 5.41) is 3.29. The number of benzene rings is 2. The Morgan fingerprint density at radius 2 is 1.88 bits per heavy atom. The molecule has 1 amide bonds. The molecule has 0 atom stereocenters. The van der Waals surface area contributed by atoms with E-state index in [4.69, 9.17) is 20.8 Å². The Hall–Kier alpha value is -2.79. The molecule has 0 aliphatic rings. The van der Waals surface area contributed by atoms with Gasteiger partial charge in [0.1, 0.15) is 17.3 Å². The standard InChI is InChI=1S/C19H15ClFNO3/c1-11-9-15(18(24-2)10-14(11)20)22-19(23)17-8-7-16(25-17)12-3-5-13(21)6-4-12/h3-10H,1-2H3,(H,22,23). The van der Waals surface area contributed by atoms with Crippen LogP contribution in [0.2, 0.25) is 5.02 Å². The van der Waals surface area contributed by atoms with Crippen LogP contribution >= 0.6 is 11.6 Å². The summed E-state index contributed by atoms with van der Waals surface area (Å²) in [4.78, 5) is 12.4. The van der Waals surface area contributed by atoms with Crippen molar-refractivity contribution in [2.75, 3.05) is 12.4 Å². The molecular weight excluding hydrogens is 345 g/mol. The lowest BCUT2D eigenvalue weighted by Gasteiger charge is -2.11. The average molecular weight is 360 g/mol. The minimum atomic E-state index is -0.423. The zero-order chi connectivity index (χ0) is 18.0. The van der Waals surface area contributed by atoms with Crippen LogP contribution in [0.5, 0.6) is 5.75 Å². The highest BCUT2D eigenvalue weighted by molar-refractivity contribution is 6.31. The van der Waals surface area contributed by atoms with E-state index in [1.54, 1.807) is 36.4 Å². The molecule has 0 radical (unpaired) electrons. The fraction of sp³-hybridized carbons (Fsp3) is 0.105. The van der Waals surface area contributed by atoms with Crippen LogP contribution in [-0.2, 0) is 0 Å². The molecule has 1 N–H and O–H groups in total. The Labute approximate surface area is 149 Å². The van der Waals surface area contributed by atoms with Crippen LogP contribution in [0.4, 0.5) is 10.1 Å². The van der Waals surface area contributed by atoms with Crippen molar-refractivity contribution in [3.63, 3.8) is 0 Å². The van der Waals surface area contributed by atoms with Gasteiger partial charge in [0.05, 0.1) is 12.8 Å². The Morgan fingerprint density at radius 3 is 2.56 bits per heavy atom. The van der Waals surface area contributed by atoms with Crippen molar-refractivity contribution in [1.29, 1.82) is 0 Å². The maximum Gasteiger partial charge on any atom is 0.291 e. The quantitative estimate of drug-likeness (QED) is 0.687. The van der Waals surface area contributed by atoms with Gasteiger partial charge in [0.25, 0.3) is 5.91 Å². The first kappa shape index (κ1) is 17.0. The number of hydrogen-bond acceptors (Lipinski definition) is 3. The van der Waals surface area contributed by atoms with E-state index in [2.05, 4.69) is 5.32 Å². The number of carbonyl (C=O) groups is 1. The number of methoxy groups -OCH3 is 1.